The highest BCUT2D eigenvalue weighted by atomic mass is 35.5. The number of carbonyl (C=O) groups is 2. The molecule has 0 fully saturated rings. The lowest BCUT2D eigenvalue weighted by Gasteiger charge is -2.29. The van der Waals surface area contributed by atoms with Crippen LogP contribution in [0.2, 0.25) is 5.02 Å². The van der Waals surface area contributed by atoms with Crippen molar-refractivity contribution in [3.05, 3.63) is 94.5 Å². The number of carbonyl (C=O) groups excluding carboxylic acids is 2. The highest BCUT2D eigenvalue weighted by Crippen LogP contribution is 2.27. The fourth-order valence-electron chi connectivity index (χ4n) is 3.92. The Labute approximate surface area is 218 Å². The molecule has 0 spiro atoms. The van der Waals surface area contributed by atoms with Gasteiger partial charge in [0.05, 0.1) is 14.2 Å². The highest BCUT2D eigenvalue weighted by Gasteiger charge is 2.25. The van der Waals surface area contributed by atoms with Gasteiger partial charge in [0, 0.05) is 24.5 Å². The summed E-state index contributed by atoms with van der Waals surface area (Å²) in [5, 5.41) is 3.60. The van der Waals surface area contributed by atoms with Crippen LogP contribution >= 0.6 is 11.6 Å². The number of halogens is 1. The summed E-state index contributed by atoms with van der Waals surface area (Å²) in [5.74, 6) is 1.03. The number of ether oxygens (including phenoxy) is 2. The molecule has 0 bridgehead atoms. The summed E-state index contributed by atoms with van der Waals surface area (Å²) in [7, 11) is 3.19. The van der Waals surface area contributed by atoms with Crippen molar-refractivity contribution < 1.29 is 19.1 Å². The van der Waals surface area contributed by atoms with Gasteiger partial charge in [0.25, 0.3) is 0 Å². The predicted octanol–water partition coefficient (Wildman–Crippen LogP) is 5.07. The largest absolute Gasteiger partial charge is 0.493 e. The average Bonchev–Trinajstić information content (AvgIpc) is 2.91. The summed E-state index contributed by atoms with van der Waals surface area (Å²) < 4.78 is 10.6. The fraction of sp³-hybridized carbons (Fsp3) is 0.310. The first-order valence-corrected chi connectivity index (χ1v) is 12.4. The topological polar surface area (TPSA) is 67.9 Å². The van der Waals surface area contributed by atoms with Crippen LogP contribution in [0.4, 0.5) is 0 Å². The van der Waals surface area contributed by atoms with Crippen LogP contribution in [-0.2, 0) is 29.0 Å². The minimum absolute atomic E-state index is 0.0728. The Bertz CT molecular complexity index is 1140. The van der Waals surface area contributed by atoms with Gasteiger partial charge >= 0.3 is 0 Å². The zero-order valence-corrected chi connectivity index (χ0v) is 21.8. The number of nitrogens with one attached hydrogen (secondary N) is 1. The molecule has 3 aromatic rings. The van der Waals surface area contributed by atoms with Crippen molar-refractivity contribution in [1.82, 2.24) is 10.2 Å². The Hall–Kier alpha value is -3.51. The molecule has 6 nitrogen and oxygen atoms in total. The molecular formula is C29H33ClN2O4. The van der Waals surface area contributed by atoms with Crippen molar-refractivity contribution in [1.29, 1.82) is 0 Å². The lowest BCUT2D eigenvalue weighted by atomic mass is 10.1. The Kier molecular flexibility index (Phi) is 10.2. The third-order valence-corrected chi connectivity index (χ3v) is 6.32. The maximum absolute atomic E-state index is 13.3. The van der Waals surface area contributed by atoms with E-state index in [2.05, 4.69) is 5.32 Å². The lowest BCUT2D eigenvalue weighted by Crippen LogP contribution is -2.48. The van der Waals surface area contributed by atoms with Gasteiger partial charge in [0.2, 0.25) is 11.8 Å². The van der Waals surface area contributed by atoms with Gasteiger partial charge in [-0.05, 0) is 60.7 Å². The molecule has 1 atom stereocenters. The van der Waals surface area contributed by atoms with Gasteiger partial charge in [0.15, 0.2) is 11.5 Å². The molecule has 2 amide bonds. The Morgan fingerprint density at radius 3 is 2.19 bits per heavy atom. The van der Waals surface area contributed by atoms with E-state index in [4.69, 9.17) is 21.1 Å². The van der Waals surface area contributed by atoms with Crippen LogP contribution in [0, 0.1) is 0 Å². The van der Waals surface area contributed by atoms with Gasteiger partial charge in [-0.25, -0.2) is 0 Å². The van der Waals surface area contributed by atoms with Crippen LogP contribution in [0.1, 0.15) is 30.0 Å². The van der Waals surface area contributed by atoms with Crippen molar-refractivity contribution in [2.75, 3.05) is 20.8 Å². The predicted molar refractivity (Wildman–Crippen MR) is 142 cm³/mol. The molecule has 0 saturated carbocycles. The molecule has 0 aromatic heterocycles. The van der Waals surface area contributed by atoms with E-state index >= 15 is 0 Å². The normalized spacial score (nSPS) is 11.4. The third kappa shape index (κ3) is 7.75. The number of aryl methyl sites for hydroxylation is 1. The Morgan fingerprint density at radius 1 is 0.861 bits per heavy atom. The number of amides is 2. The minimum atomic E-state index is -0.630. The second-order valence-electron chi connectivity index (χ2n) is 8.54. The molecule has 0 saturated heterocycles. The summed E-state index contributed by atoms with van der Waals surface area (Å²) >= 11 is 6.03. The van der Waals surface area contributed by atoms with Gasteiger partial charge in [-0.1, -0.05) is 60.1 Å². The first-order valence-electron chi connectivity index (χ1n) is 12.0. The standard InChI is InChI=1S/C29H33ClN2O4/c1-21(29(34)31-18-17-23-11-15-26(35-2)27(19-23)36-3)32(20-24-9-13-25(30)14-10-24)28(33)16-12-22-7-5-4-6-8-22/h4-11,13-15,19,21H,12,16-18,20H2,1-3H3,(H,31,34)/t21-/m1/s1. The zero-order chi connectivity index (χ0) is 25.9. The van der Waals surface area contributed by atoms with E-state index < -0.39 is 6.04 Å². The van der Waals surface area contributed by atoms with Crippen LogP contribution in [-0.4, -0.2) is 43.5 Å². The van der Waals surface area contributed by atoms with E-state index in [1.165, 1.54) is 0 Å². The summed E-state index contributed by atoms with van der Waals surface area (Å²) in [5.41, 5.74) is 3.01. The molecule has 0 radical (unpaired) electrons. The molecule has 3 rings (SSSR count). The highest BCUT2D eigenvalue weighted by molar-refractivity contribution is 6.30. The fourth-order valence-corrected chi connectivity index (χ4v) is 4.05. The van der Waals surface area contributed by atoms with E-state index in [0.29, 0.717) is 48.9 Å². The molecule has 0 heterocycles. The number of rotatable bonds is 12. The quantitative estimate of drug-likeness (QED) is 0.371. The number of hydrogen-bond donors (Lipinski definition) is 1. The Morgan fingerprint density at radius 2 is 1.53 bits per heavy atom. The Balaban J connectivity index is 1.64. The van der Waals surface area contributed by atoms with E-state index in [0.717, 1.165) is 16.7 Å². The molecule has 7 heteroatoms. The third-order valence-electron chi connectivity index (χ3n) is 6.06. The van der Waals surface area contributed by atoms with E-state index in [9.17, 15) is 9.59 Å². The zero-order valence-electron chi connectivity index (χ0n) is 21.0. The summed E-state index contributed by atoms with van der Waals surface area (Å²) in [6, 6.07) is 22.3. The SMILES string of the molecule is COc1ccc(CCNC(=O)[C@@H](C)N(Cc2ccc(Cl)cc2)C(=O)CCc2ccccc2)cc1OC. The van der Waals surface area contributed by atoms with Crippen LogP contribution in [0.3, 0.4) is 0 Å². The van der Waals surface area contributed by atoms with E-state index in [1.54, 1.807) is 38.2 Å². The van der Waals surface area contributed by atoms with Gasteiger partial charge in [0.1, 0.15) is 6.04 Å². The maximum Gasteiger partial charge on any atom is 0.242 e. The van der Waals surface area contributed by atoms with Crippen molar-refractivity contribution in [3.8, 4) is 11.5 Å². The van der Waals surface area contributed by atoms with Gasteiger partial charge in [-0.15, -0.1) is 0 Å². The molecule has 0 aliphatic rings. The average molecular weight is 509 g/mol. The first-order chi connectivity index (χ1) is 17.4. The maximum atomic E-state index is 13.3. The van der Waals surface area contributed by atoms with Crippen LogP contribution in [0.5, 0.6) is 11.5 Å². The summed E-state index contributed by atoms with van der Waals surface area (Å²) in [4.78, 5) is 27.9. The summed E-state index contributed by atoms with van der Waals surface area (Å²) in [6.07, 6.45) is 1.56. The minimum Gasteiger partial charge on any atom is -0.493 e. The second-order valence-corrected chi connectivity index (χ2v) is 8.98. The number of nitrogens with zero attached hydrogens (tertiary/aromatic N) is 1. The second kappa shape index (κ2) is 13.5. The molecular weight excluding hydrogens is 476 g/mol. The van der Waals surface area contributed by atoms with Crippen molar-refractivity contribution >= 4 is 23.4 Å². The van der Waals surface area contributed by atoms with Crippen LogP contribution in [0.15, 0.2) is 72.8 Å². The van der Waals surface area contributed by atoms with E-state index in [-0.39, 0.29) is 11.8 Å². The molecule has 1 N–H and O–H groups in total. The molecule has 36 heavy (non-hydrogen) atoms. The molecule has 190 valence electrons. The summed E-state index contributed by atoms with van der Waals surface area (Å²) in [6.45, 7) is 2.53. The number of benzene rings is 3. The monoisotopic (exact) mass is 508 g/mol. The van der Waals surface area contributed by atoms with Crippen molar-refractivity contribution in [3.63, 3.8) is 0 Å². The van der Waals surface area contributed by atoms with Gasteiger partial charge in [-0.2, -0.15) is 0 Å². The molecule has 0 unspecified atom stereocenters. The van der Waals surface area contributed by atoms with Crippen LogP contribution in [0.25, 0.3) is 0 Å². The molecule has 3 aromatic carbocycles. The van der Waals surface area contributed by atoms with E-state index in [1.807, 2.05) is 60.7 Å². The van der Waals surface area contributed by atoms with Crippen LogP contribution < -0.4 is 14.8 Å². The van der Waals surface area contributed by atoms with Crippen molar-refractivity contribution in [2.45, 2.75) is 38.8 Å². The first kappa shape index (κ1) is 27.1. The smallest absolute Gasteiger partial charge is 0.242 e. The molecule has 0 aliphatic carbocycles. The van der Waals surface area contributed by atoms with Gasteiger partial charge < -0.3 is 19.7 Å². The number of hydrogen-bond acceptors (Lipinski definition) is 4. The van der Waals surface area contributed by atoms with Gasteiger partial charge in [-0.3, -0.25) is 9.59 Å². The molecule has 0 aliphatic heterocycles. The lowest BCUT2D eigenvalue weighted by molar-refractivity contribution is -0.140. The van der Waals surface area contributed by atoms with Crippen molar-refractivity contribution in [2.24, 2.45) is 0 Å². The number of methoxy groups -OCH3 is 2.